The minimum Gasteiger partial charge on any atom is -0.358 e. The zero-order valence-electron chi connectivity index (χ0n) is 16.7. The number of aryl methyl sites for hydroxylation is 4. The van der Waals surface area contributed by atoms with Gasteiger partial charge in [0.25, 0.3) is 0 Å². The quantitative estimate of drug-likeness (QED) is 0.321. The molecule has 0 aliphatic heterocycles. The van der Waals surface area contributed by atoms with Gasteiger partial charge in [0.05, 0.1) is 22.8 Å². The number of hydrogen-bond acceptors (Lipinski definition) is 2. The summed E-state index contributed by atoms with van der Waals surface area (Å²) in [4.78, 5) is 9.60. The molecule has 0 aromatic heterocycles. The Bertz CT molecular complexity index is 653. The van der Waals surface area contributed by atoms with Gasteiger partial charge in [-0.2, -0.15) is 0 Å². The van der Waals surface area contributed by atoms with Gasteiger partial charge in [0, 0.05) is 0 Å². The second-order valence-corrected chi connectivity index (χ2v) is 5.88. The standard InChI is InChI=1S/C20H24N2.2CH3.Ni/c1-13-9-7-10-14(2)19(13)21-17(5)18(6)22-20-15(3)11-8-12-16(20)4;;;/h7-12H,1-6H3;2*1H3;/q;2*-1;+2. The Morgan fingerprint density at radius 1 is 0.600 bits per heavy atom. The van der Waals surface area contributed by atoms with Crippen LogP contribution in [0.5, 0.6) is 0 Å². The normalized spacial score (nSPS) is 11.1. The number of rotatable bonds is 3. The molecule has 2 aromatic carbocycles. The molecular weight excluding hydrogens is 351 g/mol. The van der Waals surface area contributed by atoms with Crippen LogP contribution in [0.15, 0.2) is 46.4 Å². The Labute approximate surface area is 164 Å². The van der Waals surface area contributed by atoms with Gasteiger partial charge in [0.1, 0.15) is 0 Å². The molecular formula is C22H30N2Ni. The molecule has 0 heterocycles. The second-order valence-electron chi connectivity index (χ2n) is 5.88. The monoisotopic (exact) mass is 380 g/mol. The van der Waals surface area contributed by atoms with E-state index in [1.165, 1.54) is 22.3 Å². The molecule has 0 atom stereocenters. The maximum absolute atomic E-state index is 4.80. The van der Waals surface area contributed by atoms with Crippen LogP contribution in [0, 0.1) is 42.5 Å². The second kappa shape index (κ2) is 11.0. The number of benzene rings is 2. The Hall–Kier alpha value is -1.73. The molecule has 0 saturated carbocycles. The van der Waals surface area contributed by atoms with Crippen LogP contribution in [0.2, 0.25) is 0 Å². The maximum atomic E-state index is 4.80. The summed E-state index contributed by atoms with van der Waals surface area (Å²) >= 11 is 0. The van der Waals surface area contributed by atoms with Crippen molar-refractivity contribution in [2.24, 2.45) is 9.98 Å². The SMILES string of the molecule is CC(=Nc1c(C)cccc1C)C(C)=Nc1c(C)cccc1C.[CH3-].[CH3-].[Ni+2]. The van der Waals surface area contributed by atoms with E-state index in [2.05, 4.69) is 64.1 Å². The molecule has 0 saturated heterocycles. The minimum absolute atomic E-state index is 0. The summed E-state index contributed by atoms with van der Waals surface area (Å²) < 4.78 is 0. The molecule has 0 aliphatic carbocycles. The van der Waals surface area contributed by atoms with Crippen LogP contribution >= 0.6 is 0 Å². The fourth-order valence-corrected chi connectivity index (χ4v) is 2.46. The van der Waals surface area contributed by atoms with Crippen molar-refractivity contribution in [1.29, 1.82) is 0 Å². The van der Waals surface area contributed by atoms with Crippen LogP contribution in [-0.4, -0.2) is 11.4 Å². The summed E-state index contributed by atoms with van der Waals surface area (Å²) in [6.07, 6.45) is 0. The zero-order chi connectivity index (χ0) is 16.3. The van der Waals surface area contributed by atoms with Crippen molar-refractivity contribution in [2.45, 2.75) is 41.5 Å². The average Bonchev–Trinajstić information content (AvgIpc) is 2.46. The smallest absolute Gasteiger partial charge is 0.358 e. The minimum atomic E-state index is 0. The summed E-state index contributed by atoms with van der Waals surface area (Å²) in [7, 11) is 0. The molecule has 0 aliphatic rings. The van der Waals surface area contributed by atoms with E-state index in [9.17, 15) is 0 Å². The van der Waals surface area contributed by atoms with Crippen LogP contribution in [0.3, 0.4) is 0 Å². The van der Waals surface area contributed by atoms with Crippen LogP contribution in [0.4, 0.5) is 11.4 Å². The van der Waals surface area contributed by atoms with E-state index < -0.39 is 0 Å². The van der Waals surface area contributed by atoms with E-state index in [1.807, 2.05) is 13.8 Å². The molecule has 2 aromatic rings. The van der Waals surface area contributed by atoms with E-state index >= 15 is 0 Å². The topological polar surface area (TPSA) is 24.7 Å². The Morgan fingerprint density at radius 2 is 0.840 bits per heavy atom. The predicted octanol–water partition coefficient (Wildman–Crippen LogP) is 6.70. The molecule has 0 unspecified atom stereocenters. The molecule has 0 spiro atoms. The third-order valence-electron chi connectivity index (χ3n) is 3.96. The van der Waals surface area contributed by atoms with Crippen LogP contribution in [0.25, 0.3) is 0 Å². The van der Waals surface area contributed by atoms with Crippen molar-refractivity contribution in [3.8, 4) is 0 Å². The van der Waals surface area contributed by atoms with E-state index in [4.69, 9.17) is 9.98 Å². The third-order valence-corrected chi connectivity index (χ3v) is 3.96. The fraction of sp³-hybridized carbons (Fsp3) is 0.273. The van der Waals surface area contributed by atoms with E-state index in [0.717, 1.165) is 22.8 Å². The molecule has 138 valence electrons. The Balaban J connectivity index is 0. The van der Waals surface area contributed by atoms with Crippen molar-refractivity contribution in [1.82, 2.24) is 0 Å². The first-order chi connectivity index (χ1) is 10.4. The summed E-state index contributed by atoms with van der Waals surface area (Å²) in [6, 6.07) is 12.5. The maximum Gasteiger partial charge on any atom is 2.00 e. The van der Waals surface area contributed by atoms with Crippen LogP contribution in [0.1, 0.15) is 36.1 Å². The van der Waals surface area contributed by atoms with Gasteiger partial charge in [-0.3, -0.25) is 9.98 Å². The molecule has 2 rings (SSSR count). The van der Waals surface area contributed by atoms with E-state index in [0.29, 0.717) is 0 Å². The summed E-state index contributed by atoms with van der Waals surface area (Å²) in [5.74, 6) is 0. The molecule has 0 radical (unpaired) electrons. The van der Waals surface area contributed by atoms with Crippen molar-refractivity contribution in [3.63, 3.8) is 0 Å². The summed E-state index contributed by atoms with van der Waals surface area (Å²) in [5.41, 5.74) is 8.80. The number of aliphatic imine (C=N–C) groups is 2. The van der Waals surface area contributed by atoms with Gasteiger partial charge in [-0.05, 0) is 63.8 Å². The van der Waals surface area contributed by atoms with Crippen molar-refractivity contribution in [3.05, 3.63) is 73.5 Å². The van der Waals surface area contributed by atoms with Gasteiger partial charge < -0.3 is 14.9 Å². The van der Waals surface area contributed by atoms with Crippen LogP contribution < -0.4 is 0 Å². The van der Waals surface area contributed by atoms with Gasteiger partial charge in [-0.1, -0.05) is 36.4 Å². The van der Waals surface area contributed by atoms with Crippen molar-refractivity contribution in [2.75, 3.05) is 0 Å². The van der Waals surface area contributed by atoms with Gasteiger partial charge in [-0.25, -0.2) is 0 Å². The fourth-order valence-electron chi connectivity index (χ4n) is 2.46. The summed E-state index contributed by atoms with van der Waals surface area (Å²) in [6.45, 7) is 12.4. The Morgan fingerprint density at radius 3 is 1.08 bits per heavy atom. The third kappa shape index (κ3) is 6.25. The zero-order valence-corrected chi connectivity index (χ0v) is 17.7. The van der Waals surface area contributed by atoms with Gasteiger partial charge in [0.2, 0.25) is 0 Å². The van der Waals surface area contributed by atoms with Crippen molar-refractivity contribution >= 4 is 22.8 Å². The van der Waals surface area contributed by atoms with Crippen LogP contribution in [-0.2, 0) is 16.5 Å². The first-order valence-corrected chi connectivity index (χ1v) is 7.63. The van der Waals surface area contributed by atoms with Gasteiger partial charge in [-0.15, -0.1) is 0 Å². The van der Waals surface area contributed by atoms with Gasteiger partial charge in [0.15, 0.2) is 0 Å². The predicted molar refractivity (Wildman–Crippen MR) is 110 cm³/mol. The molecule has 0 amide bonds. The first-order valence-electron chi connectivity index (χ1n) is 7.63. The first kappa shape index (κ1) is 25.5. The molecule has 0 N–H and O–H groups in total. The summed E-state index contributed by atoms with van der Waals surface area (Å²) in [5, 5.41) is 0. The Kier molecular flexibility index (Phi) is 11.2. The number of hydrogen-bond donors (Lipinski definition) is 0. The number of nitrogens with zero attached hydrogens (tertiary/aromatic N) is 2. The average molecular weight is 381 g/mol. The molecule has 2 nitrogen and oxygen atoms in total. The van der Waals surface area contributed by atoms with E-state index in [-0.39, 0.29) is 31.3 Å². The van der Waals surface area contributed by atoms with Gasteiger partial charge >= 0.3 is 16.5 Å². The molecule has 25 heavy (non-hydrogen) atoms. The largest absolute Gasteiger partial charge is 2.00 e. The van der Waals surface area contributed by atoms with Crippen molar-refractivity contribution < 1.29 is 16.5 Å². The van der Waals surface area contributed by atoms with E-state index in [1.54, 1.807) is 0 Å². The molecule has 0 bridgehead atoms. The molecule has 3 heteroatoms. The number of para-hydroxylation sites is 2. The molecule has 0 fully saturated rings.